The van der Waals surface area contributed by atoms with Gasteiger partial charge in [-0.1, -0.05) is 30.3 Å². The lowest BCUT2D eigenvalue weighted by atomic mass is 10.1. The number of rotatable bonds is 5. The summed E-state index contributed by atoms with van der Waals surface area (Å²) in [7, 11) is -0.730. The summed E-state index contributed by atoms with van der Waals surface area (Å²) in [5, 5.41) is 0. The van der Waals surface area contributed by atoms with Crippen LogP contribution in [0.25, 0.3) is 0 Å². The Morgan fingerprint density at radius 3 is 2.52 bits per heavy atom. The van der Waals surface area contributed by atoms with Crippen molar-refractivity contribution in [3.05, 3.63) is 54.1 Å². The number of hydrogen-bond acceptors (Lipinski definition) is 5. The zero-order valence-electron chi connectivity index (χ0n) is 14.2. The van der Waals surface area contributed by atoms with Crippen molar-refractivity contribution in [3.63, 3.8) is 0 Å². The van der Waals surface area contributed by atoms with Crippen molar-refractivity contribution in [3.8, 4) is 11.5 Å². The Kier molecular flexibility index (Phi) is 5.27. The average molecular weight is 363 g/mol. The second-order valence-corrected chi connectivity index (χ2v) is 7.56. The molecule has 1 atom stereocenters. The lowest BCUT2D eigenvalue weighted by Crippen LogP contribution is -2.42. The Morgan fingerprint density at radius 1 is 1.08 bits per heavy atom. The zero-order valence-corrected chi connectivity index (χ0v) is 15.0. The Morgan fingerprint density at radius 2 is 1.84 bits per heavy atom. The number of methoxy groups -OCH3 is 2. The fraction of sp³-hybridized carbons (Fsp3) is 0.333. The van der Waals surface area contributed by atoms with E-state index in [9.17, 15) is 8.42 Å². The minimum Gasteiger partial charge on any atom is -0.497 e. The number of benzene rings is 2. The van der Waals surface area contributed by atoms with Crippen LogP contribution in [0.15, 0.2) is 53.4 Å². The molecule has 0 radical (unpaired) electrons. The fourth-order valence-electron chi connectivity index (χ4n) is 2.84. The van der Waals surface area contributed by atoms with Gasteiger partial charge in [-0.15, -0.1) is 0 Å². The van der Waals surface area contributed by atoms with Crippen LogP contribution in [0, 0.1) is 0 Å². The lowest BCUT2D eigenvalue weighted by molar-refractivity contribution is -0.00259. The summed E-state index contributed by atoms with van der Waals surface area (Å²) >= 11 is 0. The van der Waals surface area contributed by atoms with E-state index in [4.69, 9.17) is 14.2 Å². The van der Waals surface area contributed by atoms with Gasteiger partial charge in [0.25, 0.3) is 0 Å². The molecule has 1 heterocycles. The predicted octanol–water partition coefficient (Wildman–Crippen LogP) is 2.47. The zero-order chi connectivity index (χ0) is 17.9. The highest BCUT2D eigenvalue weighted by atomic mass is 32.2. The van der Waals surface area contributed by atoms with Gasteiger partial charge in [0.05, 0.1) is 26.9 Å². The SMILES string of the molecule is COc1ccc(S(=O)(=O)N2CCOC(c3ccccc3)C2)c(OC)c1. The monoisotopic (exact) mass is 363 g/mol. The summed E-state index contributed by atoms with van der Waals surface area (Å²) in [5.41, 5.74) is 0.962. The van der Waals surface area contributed by atoms with Crippen LogP contribution in [-0.4, -0.2) is 46.6 Å². The van der Waals surface area contributed by atoms with E-state index in [0.29, 0.717) is 18.9 Å². The number of nitrogens with zero attached hydrogens (tertiary/aromatic N) is 1. The molecule has 0 bridgehead atoms. The maximum absolute atomic E-state index is 13.1. The minimum atomic E-state index is -3.70. The predicted molar refractivity (Wildman–Crippen MR) is 93.4 cm³/mol. The van der Waals surface area contributed by atoms with E-state index in [0.717, 1.165) is 5.56 Å². The van der Waals surface area contributed by atoms with Crippen LogP contribution in [0.4, 0.5) is 0 Å². The first-order valence-corrected chi connectivity index (χ1v) is 9.39. The normalized spacial score (nSPS) is 18.7. The molecule has 0 saturated carbocycles. The van der Waals surface area contributed by atoms with E-state index < -0.39 is 10.0 Å². The highest BCUT2D eigenvalue weighted by Crippen LogP contribution is 2.33. The van der Waals surface area contributed by atoms with Gasteiger partial charge in [-0.05, 0) is 17.7 Å². The first kappa shape index (κ1) is 17.7. The molecule has 2 aromatic rings. The average Bonchev–Trinajstić information content (AvgIpc) is 2.68. The third-order valence-electron chi connectivity index (χ3n) is 4.19. The molecule has 0 N–H and O–H groups in total. The number of ether oxygens (including phenoxy) is 3. The summed E-state index contributed by atoms with van der Waals surface area (Å²) in [4.78, 5) is 0.129. The van der Waals surface area contributed by atoms with Crippen LogP contribution in [0.1, 0.15) is 11.7 Å². The molecule has 1 fully saturated rings. The van der Waals surface area contributed by atoms with Crippen LogP contribution in [-0.2, 0) is 14.8 Å². The quantitative estimate of drug-likeness (QED) is 0.816. The van der Waals surface area contributed by atoms with Gasteiger partial charge < -0.3 is 14.2 Å². The van der Waals surface area contributed by atoms with Crippen molar-refractivity contribution in [2.75, 3.05) is 33.9 Å². The molecule has 3 rings (SSSR count). The summed E-state index contributed by atoms with van der Waals surface area (Å²) in [6.45, 7) is 0.916. The molecule has 1 aliphatic rings. The Labute approximate surface area is 148 Å². The minimum absolute atomic E-state index is 0.129. The Bertz CT molecular complexity index is 823. The van der Waals surface area contributed by atoms with Gasteiger partial charge in [0.1, 0.15) is 16.4 Å². The van der Waals surface area contributed by atoms with Crippen LogP contribution in [0.3, 0.4) is 0 Å². The van der Waals surface area contributed by atoms with Gasteiger partial charge >= 0.3 is 0 Å². The molecule has 7 heteroatoms. The molecule has 1 unspecified atom stereocenters. The van der Waals surface area contributed by atoms with Crippen LogP contribution in [0.2, 0.25) is 0 Å². The van der Waals surface area contributed by atoms with Crippen molar-refractivity contribution >= 4 is 10.0 Å². The summed E-state index contributed by atoms with van der Waals surface area (Å²) in [6, 6.07) is 14.3. The van der Waals surface area contributed by atoms with Gasteiger partial charge in [-0.25, -0.2) is 8.42 Å². The number of sulfonamides is 1. The van der Waals surface area contributed by atoms with Gasteiger partial charge in [-0.2, -0.15) is 4.31 Å². The van der Waals surface area contributed by atoms with Crippen molar-refractivity contribution in [1.29, 1.82) is 0 Å². The first-order chi connectivity index (χ1) is 12.1. The molecule has 0 spiro atoms. The van der Waals surface area contributed by atoms with E-state index >= 15 is 0 Å². The maximum atomic E-state index is 13.1. The maximum Gasteiger partial charge on any atom is 0.246 e. The largest absolute Gasteiger partial charge is 0.497 e. The highest BCUT2D eigenvalue weighted by molar-refractivity contribution is 7.89. The molecule has 0 aliphatic carbocycles. The smallest absolute Gasteiger partial charge is 0.246 e. The third kappa shape index (κ3) is 3.63. The van der Waals surface area contributed by atoms with E-state index in [1.54, 1.807) is 12.1 Å². The van der Waals surface area contributed by atoms with Crippen LogP contribution < -0.4 is 9.47 Å². The van der Waals surface area contributed by atoms with E-state index in [-0.39, 0.29) is 23.3 Å². The molecular weight excluding hydrogens is 342 g/mol. The second-order valence-electron chi connectivity index (χ2n) is 5.65. The molecule has 2 aromatic carbocycles. The van der Waals surface area contributed by atoms with Crippen LogP contribution in [0.5, 0.6) is 11.5 Å². The first-order valence-electron chi connectivity index (χ1n) is 7.95. The molecule has 25 heavy (non-hydrogen) atoms. The molecule has 134 valence electrons. The van der Waals surface area contributed by atoms with Gasteiger partial charge in [0.15, 0.2) is 0 Å². The van der Waals surface area contributed by atoms with Crippen molar-refractivity contribution < 1.29 is 22.6 Å². The topological polar surface area (TPSA) is 65.1 Å². The van der Waals surface area contributed by atoms with Gasteiger partial charge in [0.2, 0.25) is 10.0 Å². The van der Waals surface area contributed by atoms with Crippen molar-refractivity contribution in [2.45, 2.75) is 11.0 Å². The summed E-state index contributed by atoms with van der Waals surface area (Å²) in [6.07, 6.45) is -0.283. The highest BCUT2D eigenvalue weighted by Gasteiger charge is 2.33. The summed E-state index contributed by atoms with van der Waals surface area (Å²) < 4.78 is 43.8. The number of hydrogen-bond donors (Lipinski definition) is 0. The van der Waals surface area contributed by atoms with E-state index in [1.807, 2.05) is 30.3 Å². The lowest BCUT2D eigenvalue weighted by Gasteiger charge is -2.32. The van der Waals surface area contributed by atoms with E-state index in [2.05, 4.69) is 0 Å². The molecular formula is C18H21NO5S. The molecule has 1 aliphatic heterocycles. The third-order valence-corrected chi connectivity index (χ3v) is 6.09. The van der Waals surface area contributed by atoms with Crippen LogP contribution >= 0.6 is 0 Å². The molecule has 0 aromatic heterocycles. The van der Waals surface area contributed by atoms with E-state index in [1.165, 1.54) is 24.6 Å². The van der Waals surface area contributed by atoms with Gasteiger partial charge in [-0.3, -0.25) is 0 Å². The van der Waals surface area contributed by atoms with Gasteiger partial charge in [0, 0.05) is 19.2 Å². The number of morpholine rings is 1. The molecule has 1 saturated heterocycles. The summed E-state index contributed by atoms with van der Waals surface area (Å²) in [5.74, 6) is 0.807. The Hall–Kier alpha value is -2.09. The molecule has 6 nitrogen and oxygen atoms in total. The van der Waals surface area contributed by atoms with Crippen molar-refractivity contribution in [2.24, 2.45) is 0 Å². The standard InChI is InChI=1S/C18H21NO5S/c1-22-15-8-9-18(16(12-15)23-2)25(20,21)19-10-11-24-17(13-19)14-6-4-3-5-7-14/h3-9,12,17H,10-11,13H2,1-2H3. The molecule has 0 amide bonds. The van der Waals surface area contributed by atoms with Crippen molar-refractivity contribution in [1.82, 2.24) is 4.31 Å². The second kappa shape index (κ2) is 7.43. The fourth-order valence-corrected chi connectivity index (χ4v) is 4.40. The Balaban J connectivity index is 1.89.